The van der Waals surface area contributed by atoms with Gasteiger partial charge < -0.3 is 15.3 Å². The van der Waals surface area contributed by atoms with Crippen molar-refractivity contribution in [2.24, 2.45) is 4.99 Å². The normalized spacial score (nSPS) is 19.6. The molecule has 2 aliphatic carbocycles. The molecule has 4 aromatic carbocycles. The fourth-order valence-corrected chi connectivity index (χ4v) is 11.8. The van der Waals surface area contributed by atoms with Crippen LogP contribution in [0.4, 0.5) is 0 Å². The zero-order valence-corrected chi connectivity index (χ0v) is 34.3. The Kier molecular flexibility index (Phi) is 13.9. The molecule has 2 heterocycles. The molecular formula is C40H41Cl2GaN3O2Zr. The van der Waals surface area contributed by atoms with Crippen LogP contribution < -0.4 is 5.32 Å². The minimum Gasteiger partial charge on any atom is -0.480 e. The van der Waals surface area contributed by atoms with E-state index in [1.54, 1.807) is 22.3 Å². The van der Waals surface area contributed by atoms with Crippen molar-refractivity contribution < 1.29 is 33.1 Å². The van der Waals surface area contributed by atoms with Crippen molar-refractivity contribution in [3.05, 3.63) is 130 Å². The average molecular weight is 828 g/mol. The quantitative estimate of drug-likeness (QED) is 0.198. The van der Waals surface area contributed by atoms with Gasteiger partial charge in [0, 0.05) is 39.4 Å². The summed E-state index contributed by atoms with van der Waals surface area (Å²) in [5, 5.41) is 11.7. The molecule has 1 saturated heterocycles. The summed E-state index contributed by atoms with van der Waals surface area (Å²) in [6.07, 6.45) is 6.67. The first-order valence-corrected chi connectivity index (χ1v) is 19.1. The monoisotopic (exact) mass is 824 g/mol. The van der Waals surface area contributed by atoms with E-state index in [1.165, 1.54) is 33.4 Å². The first kappa shape index (κ1) is 39.0. The number of carboxylic acids is 1. The van der Waals surface area contributed by atoms with Crippen LogP contribution in [0.3, 0.4) is 0 Å². The fraction of sp³-hybridized carbons (Fsp3) is 0.250. The molecule has 0 amide bonds. The molecule has 3 unspecified atom stereocenters. The molecule has 249 valence electrons. The van der Waals surface area contributed by atoms with Crippen LogP contribution in [0, 0.1) is 0 Å². The standard InChI is InChI=1S/2C16H13.C8H13N3O2.2ClH.Ga.Zr/c2*1-12-10-14-8-5-9-15(16(14)11-12)13-6-3-2-4-7-13;12-7(13)6-2-5-11-4-1-3-9-8(11)10-6;;;;/h2*2-11H,1H3;6H,1-5H2,(H,9,10)(H,12,13);2*1H;;. The van der Waals surface area contributed by atoms with Crippen molar-refractivity contribution in [1.82, 2.24) is 10.2 Å². The molecule has 4 aromatic rings. The molecular weight excluding hydrogens is 786 g/mol. The Morgan fingerprint density at radius 2 is 1.27 bits per heavy atom. The number of hydrogen-bond acceptors (Lipinski definition) is 4. The number of guanidine groups is 1. The van der Waals surface area contributed by atoms with Gasteiger partial charge in [0.2, 0.25) is 0 Å². The second kappa shape index (κ2) is 17.4. The Hall–Kier alpha value is -2.80. The van der Waals surface area contributed by atoms with Crippen LogP contribution in [0.2, 0.25) is 0 Å². The Balaban J connectivity index is 0.000000287. The smallest absolute Gasteiger partial charge is 0.326 e. The zero-order chi connectivity index (χ0) is 31.6. The number of rotatable bonds is 5. The van der Waals surface area contributed by atoms with Crippen molar-refractivity contribution in [3.63, 3.8) is 0 Å². The van der Waals surface area contributed by atoms with Crippen LogP contribution in [0.25, 0.3) is 34.4 Å². The van der Waals surface area contributed by atoms with E-state index >= 15 is 0 Å². The van der Waals surface area contributed by atoms with Gasteiger partial charge in [0.05, 0.1) is 0 Å². The molecule has 3 radical (unpaired) electrons. The van der Waals surface area contributed by atoms with Gasteiger partial charge in [0.1, 0.15) is 6.04 Å². The average Bonchev–Trinajstić information content (AvgIpc) is 3.60. The summed E-state index contributed by atoms with van der Waals surface area (Å²) in [4.78, 5) is 17.1. The van der Waals surface area contributed by atoms with Crippen molar-refractivity contribution >= 4 is 68.7 Å². The van der Waals surface area contributed by atoms with Gasteiger partial charge in [-0.05, 0) is 12.8 Å². The van der Waals surface area contributed by atoms with Crippen molar-refractivity contribution in [2.75, 3.05) is 19.6 Å². The van der Waals surface area contributed by atoms with Gasteiger partial charge in [-0.25, -0.2) is 4.79 Å². The number of carbonyl (C=O) groups is 1. The van der Waals surface area contributed by atoms with Gasteiger partial charge in [-0.1, -0.05) is 0 Å². The van der Waals surface area contributed by atoms with Crippen LogP contribution >= 0.6 is 24.8 Å². The number of allylic oxidation sites excluding steroid dienone is 2. The molecule has 0 aromatic heterocycles. The van der Waals surface area contributed by atoms with Crippen LogP contribution in [0.15, 0.2) is 113 Å². The van der Waals surface area contributed by atoms with Crippen molar-refractivity contribution in [2.45, 2.75) is 40.0 Å². The third-order valence-corrected chi connectivity index (χ3v) is 14.9. The zero-order valence-electron chi connectivity index (χ0n) is 27.8. The predicted octanol–water partition coefficient (Wildman–Crippen LogP) is 8.68. The van der Waals surface area contributed by atoms with E-state index in [1.807, 2.05) is 0 Å². The molecule has 0 spiro atoms. The number of carboxylic acid groups (broad SMARTS) is 1. The topological polar surface area (TPSA) is 64.9 Å². The summed E-state index contributed by atoms with van der Waals surface area (Å²) in [5.41, 5.74) is 14.5. The van der Waals surface area contributed by atoms with E-state index < -0.39 is 35.2 Å². The minimum atomic E-state index is -0.835. The maximum atomic E-state index is 10.7. The largest absolute Gasteiger partial charge is 0.480 e. The minimum absolute atomic E-state index is 0. The Bertz CT molecular complexity index is 1760. The van der Waals surface area contributed by atoms with Gasteiger partial charge in [-0.15, -0.1) is 24.8 Å². The van der Waals surface area contributed by atoms with Gasteiger partial charge in [-0.3, -0.25) is 4.99 Å². The van der Waals surface area contributed by atoms with E-state index in [0.717, 1.165) is 32.0 Å². The van der Waals surface area contributed by atoms with Crippen LogP contribution in [-0.4, -0.2) is 67.4 Å². The molecule has 3 atom stereocenters. The SMILES string of the molecule is CC1=Cc2c(-c3ccccc3)cccc2[CH]1[Zr][CH]1C(C)=Cc2c(-c3ccccc3)cccc21.Cl.Cl.O=C(O)C1CCN2CCCN=C2N1.[Ga]. The second-order valence-corrected chi connectivity index (χ2v) is 16.2. The summed E-state index contributed by atoms with van der Waals surface area (Å²) < 4.78 is 1.26. The molecule has 8 rings (SSSR count). The summed E-state index contributed by atoms with van der Waals surface area (Å²) >= 11 is -0.835. The molecule has 0 bridgehead atoms. The number of aliphatic carboxylic acids is 1. The van der Waals surface area contributed by atoms with Gasteiger partial charge in [-0.2, -0.15) is 0 Å². The van der Waals surface area contributed by atoms with Crippen molar-refractivity contribution in [1.29, 1.82) is 0 Å². The first-order valence-electron chi connectivity index (χ1n) is 16.3. The molecule has 0 saturated carbocycles. The number of hydrogen-bond donors (Lipinski definition) is 2. The predicted molar refractivity (Wildman–Crippen MR) is 204 cm³/mol. The molecule has 1 fully saturated rings. The Morgan fingerprint density at radius 3 is 1.76 bits per heavy atom. The number of aliphatic imine (C=N–C) groups is 1. The third-order valence-electron chi connectivity index (χ3n) is 9.50. The number of halogens is 2. The summed E-state index contributed by atoms with van der Waals surface area (Å²) in [6, 6.07) is 35.1. The number of nitrogens with one attached hydrogen (secondary N) is 1. The summed E-state index contributed by atoms with van der Waals surface area (Å²) in [6.45, 7) is 7.33. The van der Waals surface area contributed by atoms with E-state index in [2.05, 4.69) is 138 Å². The number of fused-ring (bicyclic) bond motifs is 3. The fourth-order valence-electron chi connectivity index (χ4n) is 7.16. The van der Waals surface area contributed by atoms with Crippen LogP contribution in [0.5, 0.6) is 0 Å². The van der Waals surface area contributed by atoms with E-state index in [4.69, 9.17) is 5.11 Å². The van der Waals surface area contributed by atoms with Crippen molar-refractivity contribution in [3.8, 4) is 22.3 Å². The molecule has 4 aliphatic rings. The third kappa shape index (κ3) is 8.24. The van der Waals surface area contributed by atoms with E-state index in [-0.39, 0.29) is 44.6 Å². The van der Waals surface area contributed by atoms with Crippen LogP contribution in [-0.2, 0) is 28.0 Å². The molecule has 9 heteroatoms. The summed E-state index contributed by atoms with van der Waals surface area (Å²) in [7, 11) is 0. The maximum absolute atomic E-state index is 10.7. The maximum Gasteiger partial charge on any atom is 0.326 e. The first-order chi connectivity index (χ1) is 22.5. The Morgan fingerprint density at radius 1 is 0.755 bits per heavy atom. The number of nitrogens with zero attached hydrogens (tertiary/aromatic N) is 2. The Labute approximate surface area is 326 Å². The van der Waals surface area contributed by atoms with Gasteiger partial charge in [0.25, 0.3) is 0 Å². The van der Waals surface area contributed by atoms with E-state index in [0.29, 0.717) is 13.7 Å². The molecule has 49 heavy (non-hydrogen) atoms. The second-order valence-electron chi connectivity index (χ2n) is 12.5. The molecule has 5 nitrogen and oxygen atoms in total. The molecule has 2 aliphatic heterocycles. The van der Waals surface area contributed by atoms with Crippen LogP contribution in [0.1, 0.15) is 56.2 Å². The van der Waals surface area contributed by atoms with Gasteiger partial charge >= 0.3 is 215 Å². The number of benzene rings is 4. The summed E-state index contributed by atoms with van der Waals surface area (Å²) in [5.74, 6) is -0.0159. The van der Waals surface area contributed by atoms with Gasteiger partial charge in [0.15, 0.2) is 5.96 Å². The molecule has 2 N–H and O–H groups in total. The van der Waals surface area contributed by atoms with E-state index in [9.17, 15) is 4.79 Å².